The lowest BCUT2D eigenvalue weighted by atomic mass is 9.65. The van der Waals surface area contributed by atoms with Crippen molar-refractivity contribution in [1.29, 1.82) is 0 Å². The number of hydrogen-bond donors (Lipinski definition) is 2. The zero-order valence-corrected chi connectivity index (χ0v) is 15.0. The van der Waals surface area contributed by atoms with Crippen molar-refractivity contribution in [3.63, 3.8) is 0 Å². The van der Waals surface area contributed by atoms with Gasteiger partial charge in [0, 0.05) is 23.9 Å². The van der Waals surface area contributed by atoms with Crippen LogP contribution in [0.4, 0.5) is 0 Å². The van der Waals surface area contributed by atoms with Crippen LogP contribution in [0.1, 0.15) is 50.9 Å². The third-order valence-corrected chi connectivity index (χ3v) is 4.77. The van der Waals surface area contributed by atoms with Gasteiger partial charge in [0.25, 0.3) is 5.91 Å². The van der Waals surface area contributed by atoms with Gasteiger partial charge < -0.3 is 0 Å². The number of hydrazine groups is 1. The average molecular weight is 328 g/mol. The van der Waals surface area contributed by atoms with Crippen LogP contribution in [0.5, 0.6) is 0 Å². The molecule has 0 fully saturated rings. The highest BCUT2D eigenvalue weighted by molar-refractivity contribution is 5.93. The summed E-state index contributed by atoms with van der Waals surface area (Å²) in [6.07, 6.45) is 5.65. The van der Waals surface area contributed by atoms with Crippen molar-refractivity contribution in [1.82, 2.24) is 10.9 Å². The van der Waals surface area contributed by atoms with Gasteiger partial charge in [-0.2, -0.15) is 0 Å². The number of nitrogens with one attached hydrogen (secondary N) is 2. The molecule has 3 atom stereocenters. The number of Topliss-reactive ketones (excluding diaryl/α,β-unsaturated/α-hetero) is 1. The Bertz CT molecular complexity index is 607. The van der Waals surface area contributed by atoms with Crippen molar-refractivity contribution in [3.05, 3.63) is 48.0 Å². The molecule has 2 N–H and O–H groups in total. The van der Waals surface area contributed by atoms with Gasteiger partial charge in [0.1, 0.15) is 5.78 Å². The highest BCUT2D eigenvalue weighted by atomic mass is 16.2. The van der Waals surface area contributed by atoms with Gasteiger partial charge in [-0.1, -0.05) is 51.1 Å². The number of benzene rings is 1. The lowest BCUT2D eigenvalue weighted by molar-refractivity contribution is -0.128. The molecule has 1 aliphatic carbocycles. The summed E-state index contributed by atoms with van der Waals surface area (Å²) in [5, 5.41) is 0. The number of ketones is 1. The van der Waals surface area contributed by atoms with E-state index in [1.807, 2.05) is 25.1 Å². The van der Waals surface area contributed by atoms with Crippen molar-refractivity contribution in [2.75, 3.05) is 0 Å². The molecule has 0 saturated carbocycles. The Morgan fingerprint density at radius 3 is 2.54 bits per heavy atom. The third kappa shape index (κ3) is 4.54. The largest absolute Gasteiger partial charge is 0.299 e. The molecule has 4 nitrogen and oxygen atoms in total. The fraction of sp³-hybridized carbons (Fsp3) is 0.500. The van der Waals surface area contributed by atoms with Crippen molar-refractivity contribution >= 4 is 11.7 Å². The molecule has 0 spiro atoms. The Morgan fingerprint density at radius 1 is 1.25 bits per heavy atom. The molecule has 1 aliphatic rings. The van der Waals surface area contributed by atoms with Gasteiger partial charge in [0.05, 0.1) is 0 Å². The number of amides is 1. The second-order valence-corrected chi connectivity index (χ2v) is 7.49. The zero-order valence-electron chi connectivity index (χ0n) is 15.0. The predicted octanol–water partition coefficient (Wildman–Crippen LogP) is 3.51. The lowest BCUT2D eigenvalue weighted by Gasteiger charge is -2.39. The number of carbonyl (C=O) groups is 2. The molecule has 24 heavy (non-hydrogen) atoms. The van der Waals surface area contributed by atoms with Crippen LogP contribution < -0.4 is 10.9 Å². The Balaban J connectivity index is 1.88. The maximum absolute atomic E-state index is 12.8. The summed E-state index contributed by atoms with van der Waals surface area (Å²) in [6, 6.07) is 8.91. The monoisotopic (exact) mass is 328 g/mol. The molecule has 4 heteroatoms. The quantitative estimate of drug-likeness (QED) is 0.620. The van der Waals surface area contributed by atoms with Crippen molar-refractivity contribution < 1.29 is 9.59 Å². The van der Waals surface area contributed by atoms with Crippen molar-refractivity contribution in [2.45, 2.75) is 46.6 Å². The molecular weight excluding hydrogens is 300 g/mol. The van der Waals surface area contributed by atoms with Gasteiger partial charge in [0.2, 0.25) is 0 Å². The first-order valence-electron chi connectivity index (χ1n) is 8.61. The van der Waals surface area contributed by atoms with Crippen LogP contribution in [0.3, 0.4) is 0 Å². The summed E-state index contributed by atoms with van der Waals surface area (Å²) in [4.78, 5) is 24.8. The van der Waals surface area contributed by atoms with Gasteiger partial charge >= 0.3 is 0 Å². The summed E-state index contributed by atoms with van der Waals surface area (Å²) in [5.41, 5.74) is 6.22. The molecule has 0 radical (unpaired) electrons. The average Bonchev–Trinajstić information content (AvgIpc) is 2.52. The van der Waals surface area contributed by atoms with E-state index in [9.17, 15) is 9.59 Å². The predicted molar refractivity (Wildman–Crippen MR) is 96.3 cm³/mol. The topological polar surface area (TPSA) is 58.2 Å². The summed E-state index contributed by atoms with van der Waals surface area (Å²) in [7, 11) is 0. The molecule has 0 bridgehead atoms. The minimum atomic E-state index is -0.191. The van der Waals surface area contributed by atoms with E-state index < -0.39 is 0 Å². The number of hydrogen-bond acceptors (Lipinski definition) is 3. The standard InChI is InChI=1S/C20H28N2O2/c1-14-9-8-12-20(3,4)18(14)17(23)13-15(2)21-22-19(24)16-10-6-5-7-11-16/h5-11,14-15,18,21H,12-13H2,1-4H3,(H,22,24)/t14-,15+,18+/m0/s1. The minimum Gasteiger partial charge on any atom is -0.299 e. The van der Waals surface area contributed by atoms with Crippen LogP contribution in [0.25, 0.3) is 0 Å². The molecule has 1 amide bonds. The molecule has 1 aromatic carbocycles. The molecule has 130 valence electrons. The fourth-order valence-electron chi connectivity index (χ4n) is 3.60. The maximum Gasteiger partial charge on any atom is 0.265 e. The number of carbonyl (C=O) groups excluding carboxylic acids is 2. The molecule has 2 rings (SSSR count). The fourth-order valence-corrected chi connectivity index (χ4v) is 3.60. The van der Waals surface area contributed by atoms with Gasteiger partial charge in [-0.3, -0.25) is 15.0 Å². The van der Waals surface area contributed by atoms with Gasteiger partial charge in [-0.05, 0) is 36.8 Å². The van der Waals surface area contributed by atoms with E-state index >= 15 is 0 Å². The molecule has 1 aromatic rings. The van der Waals surface area contributed by atoms with Crippen LogP contribution in [-0.4, -0.2) is 17.7 Å². The van der Waals surface area contributed by atoms with E-state index in [4.69, 9.17) is 0 Å². The SMILES string of the molecule is C[C@H](CC(=O)[C@H]1[C@@H](C)C=CCC1(C)C)NNC(=O)c1ccccc1. The van der Waals surface area contributed by atoms with Crippen LogP contribution >= 0.6 is 0 Å². The molecule has 0 heterocycles. The first-order chi connectivity index (χ1) is 11.3. The van der Waals surface area contributed by atoms with Gasteiger partial charge in [-0.25, -0.2) is 5.43 Å². The van der Waals surface area contributed by atoms with E-state index in [0.29, 0.717) is 12.0 Å². The summed E-state index contributed by atoms with van der Waals surface area (Å²) in [5.74, 6) is 0.346. The summed E-state index contributed by atoms with van der Waals surface area (Å²) < 4.78 is 0. The summed E-state index contributed by atoms with van der Waals surface area (Å²) >= 11 is 0. The lowest BCUT2D eigenvalue weighted by Crippen LogP contribution is -2.46. The van der Waals surface area contributed by atoms with Gasteiger partial charge in [-0.15, -0.1) is 0 Å². The Labute approximate surface area is 144 Å². The zero-order chi connectivity index (χ0) is 17.7. The van der Waals surface area contributed by atoms with Crippen LogP contribution in [0, 0.1) is 17.3 Å². The highest BCUT2D eigenvalue weighted by Crippen LogP contribution is 2.41. The highest BCUT2D eigenvalue weighted by Gasteiger charge is 2.39. The molecule has 0 aliphatic heterocycles. The first kappa shape index (κ1) is 18.4. The molecule has 0 aromatic heterocycles. The Morgan fingerprint density at radius 2 is 1.92 bits per heavy atom. The van der Waals surface area contributed by atoms with Crippen molar-refractivity contribution in [2.24, 2.45) is 17.3 Å². The maximum atomic E-state index is 12.8. The van der Waals surface area contributed by atoms with E-state index in [2.05, 4.69) is 43.8 Å². The van der Waals surface area contributed by atoms with E-state index in [1.54, 1.807) is 12.1 Å². The smallest absolute Gasteiger partial charge is 0.265 e. The van der Waals surface area contributed by atoms with E-state index in [0.717, 1.165) is 6.42 Å². The Kier molecular flexibility index (Phi) is 5.94. The second-order valence-electron chi connectivity index (χ2n) is 7.49. The Hall–Kier alpha value is -1.94. The normalized spacial score (nSPS) is 23.5. The molecule has 0 saturated heterocycles. The second kappa shape index (κ2) is 7.75. The number of allylic oxidation sites excluding steroid dienone is 2. The summed E-state index contributed by atoms with van der Waals surface area (Å²) in [6.45, 7) is 8.34. The van der Waals surface area contributed by atoms with Crippen LogP contribution in [0.2, 0.25) is 0 Å². The van der Waals surface area contributed by atoms with Crippen LogP contribution in [0.15, 0.2) is 42.5 Å². The van der Waals surface area contributed by atoms with E-state index in [1.165, 1.54) is 0 Å². The van der Waals surface area contributed by atoms with Crippen LogP contribution in [-0.2, 0) is 4.79 Å². The van der Waals surface area contributed by atoms with E-state index in [-0.39, 0.29) is 35.0 Å². The molecular formula is C20H28N2O2. The third-order valence-electron chi connectivity index (χ3n) is 4.77. The minimum absolute atomic E-state index is 0.0156. The van der Waals surface area contributed by atoms with Gasteiger partial charge in [0.15, 0.2) is 0 Å². The first-order valence-corrected chi connectivity index (χ1v) is 8.61. The van der Waals surface area contributed by atoms with Crippen molar-refractivity contribution in [3.8, 4) is 0 Å². The number of rotatable bonds is 6. The molecule has 0 unspecified atom stereocenters.